The van der Waals surface area contributed by atoms with Crippen molar-refractivity contribution in [3.63, 3.8) is 0 Å². The quantitative estimate of drug-likeness (QED) is 0.356. The van der Waals surface area contributed by atoms with Crippen molar-refractivity contribution in [1.82, 2.24) is 20.2 Å². The van der Waals surface area contributed by atoms with Gasteiger partial charge in [-0.3, -0.25) is 14.5 Å². The van der Waals surface area contributed by atoms with Crippen LogP contribution in [0.4, 0.5) is 10.2 Å². The Bertz CT molecular complexity index is 1560. The number of nitrogens with zero attached hydrogens (tertiary/aromatic N) is 3. The number of piperazine rings is 1. The van der Waals surface area contributed by atoms with Crippen molar-refractivity contribution < 1.29 is 9.18 Å². The van der Waals surface area contributed by atoms with Gasteiger partial charge in [-0.2, -0.15) is 0 Å². The zero-order valence-electron chi connectivity index (χ0n) is 23.1. The summed E-state index contributed by atoms with van der Waals surface area (Å²) in [7, 11) is 0. The van der Waals surface area contributed by atoms with Gasteiger partial charge in [-0.15, -0.1) is 0 Å². The van der Waals surface area contributed by atoms with Crippen molar-refractivity contribution in [3.8, 4) is 0 Å². The van der Waals surface area contributed by atoms with Crippen molar-refractivity contribution in [2.45, 2.75) is 52.1 Å². The van der Waals surface area contributed by atoms with Crippen molar-refractivity contribution in [1.29, 1.82) is 0 Å². The molecule has 7 nitrogen and oxygen atoms in total. The summed E-state index contributed by atoms with van der Waals surface area (Å²) >= 11 is 0. The second-order valence-electron chi connectivity index (χ2n) is 10.6. The lowest BCUT2D eigenvalue weighted by Crippen LogP contribution is -2.50. The van der Waals surface area contributed by atoms with Gasteiger partial charge in [0.05, 0.1) is 16.6 Å². The molecule has 2 fully saturated rings. The molecule has 0 aliphatic carbocycles. The molecule has 2 N–H and O–H groups in total. The number of halogens is 1. The molecule has 0 bridgehead atoms. The van der Waals surface area contributed by atoms with E-state index in [1.807, 2.05) is 45.9 Å². The Kier molecular flexibility index (Phi) is 7.40. The van der Waals surface area contributed by atoms with Crippen molar-refractivity contribution in [2.24, 2.45) is 0 Å². The van der Waals surface area contributed by atoms with Crippen LogP contribution in [0.3, 0.4) is 0 Å². The number of nitrogens with one attached hydrogen (secondary N) is 2. The molecular weight excluding hydrogens is 493 g/mol. The van der Waals surface area contributed by atoms with Crippen LogP contribution in [0.15, 0.2) is 59.5 Å². The van der Waals surface area contributed by atoms with Crippen LogP contribution in [-0.2, 0) is 5.54 Å². The SMILES string of the molecule is CC.CC(C)(NC(=O)c1cc2[nH]c3ccccc3c(=O)c2cc1F)c1ccc(N2CCN3CCC[C@H]3C2)nc1. The fraction of sp³-hybridized carbons (Fsp3) is 0.387. The second-order valence-corrected chi connectivity index (χ2v) is 10.6. The van der Waals surface area contributed by atoms with Crippen LogP contribution in [0, 0.1) is 5.82 Å². The van der Waals surface area contributed by atoms with Crippen LogP contribution < -0.4 is 15.6 Å². The lowest BCUT2D eigenvalue weighted by Gasteiger charge is -2.38. The highest BCUT2D eigenvalue weighted by Gasteiger charge is 2.31. The highest BCUT2D eigenvalue weighted by Crippen LogP contribution is 2.27. The molecule has 2 aromatic heterocycles. The molecule has 2 aliphatic heterocycles. The van der Waals surface area contributed by atoms with Gasteiger partial charge >= 0.3 is 0 Å². The number of hydrogen-bond donors (Lipinski definition) is 2. The number of benzene rings is 2. The van der Waals surface area contributed by atoms with E-state index in [0.29, 0.717) is 22.5 Å². The number of rotatable bonds is 4. The van der Waals surface area contributed by atoms with E-state index in [4.69, 9.17) is 4.98 Å². The molecule has 2 aromatic carbocycles. The summed E-state index contributed by atoms with van der Waals surface area (Å²) in [5, 5.41) is 3.64. The van der Waals surface area contributed by atoms with E-state index in [2.05, 4.69) is 20.1 Å². The number of H-pyrrole nitrogens is 1. The minimum absolute atomic E-state index is 0.120. The first kappa shape index (κ1) is 26.8. The summed E-state index contributed by atoms with van der Waals surface area (Å²) in [5.74, 6) is -0.352. The minimum atomic E-state index is -0.787. The van der Waals surface area contributed by atoms with Crippen LogP contribution in [0.1, 0.15) is 56.5 Å². The summed E-state index contributed by atoms with van der Waals surface area (Å²) in [5.41, 5.74) is 0.705. The summed E-state index contributed by atoms with van der Waals surface area (Å²) in [4.78, 5) is 38.8. The van der Waals surface area contributed by atoms with Gasteiger partial charge in [-0.1, -0.05) is 32.0 Å². The first-order chi connectivity index (χ1) is 18.8. The summed E-state index contributed by atoms with van der Waals surface area (Å²) in [6, 6.07) is 14.2. The van der Waals surface area contributed by atoms with Crippen molar-refractivity contribution in [2.75, 3.05) is 31.1 Å². The number of carbonyl (C=O) groups is 1. The highest BCUT2D eigenvalue weighted by atomic mass is 19.1. The zero-order valence-corrected chi connectivity index (χ0v) is 23.1. The number of aromatic amines is 1. The van der Waals surface area contributed by atoms with Crippen LogP contribution in [0.25, 0.3) is 21.8 Å². The van der Waals surface area contributed by atoms with E-state index < -0.39 is 17.3 Å². The van der Waals surface area contributed by atoms with Gasteiger partial charge in [0.2, 0.25) is 0 Å². The van der Waals surface area contributed by atoms with E-state index >= 15 is 4.39 Å². The van der Waals surface area contributed by atoms with Gasteiger partial charge in [0.1, 0.15) is 11.6 Å². The molecule has 0 unspecified atom stereocenters. The number of carbonyl (C=O) groups excluding carboxylic acids is 1. The summed E-state index contributed by atoms with van der Waals surface area (Å²) in [6.07, 6.45) is 4.29. The molecule has 0 saturated carbocycles. The Morgan fingerprint density at radius 1 is 1.05 bits per heavy atom. The van der Waals surface area contributed by atoms with Gasteiger partial charge in [0.15, 0.2) is 5.43 Å². The standard InChI is InChI=1S/C29H30FN5O2.C2H6/c1-29(2,18-9-10-26(31-16-18)35-13-12-34-11-5-6-19(34)17-35)33-28(37)21-15-25-22(14-23(21)30)27(36)20-7-3-4-8-24(20)32-25;1-2/h3-4,7-10,14-16,19H,5-6,11-13,17H2,1-2H3,(H,32,36)(H,33,37);1-2H3/t19-;/m0./s1. The number of amides is 1. The molecule has 204 valence electrons. The molecule has 6 rings (SSSR count). The van der Waals surface area contributed by atoms with Crippen LogP contribution >= 0.6 is 0 Å². The molecule has 2 saturated heterocycles. The molecule has 1 atom stereocenters. The van der Waals surface area contributed by atoms with Gasteiger partial charge < -0.3 is 15.2 Å². The normalized spacial score (nSPS) is 17.6. The van der Waals surface area contributed by atoms with Gasteiger partial charge in [0.25, 0.3) is 5.91 Å². The number of pyridine rings is 2. The van der Waals surface area contributed by atoms with E-state index in [1.54, 1.807) is 24.4 Å². The summed E-state index contributed by atoms with van der Waals surface area (Å²) < 4.78 is 15.0. The molecule has 2 aliphatic rings. The second kappa shape index (κ2) is 10.8. The molecule has 0 radical (unpaired) electrons. The average molecular weight is 530 g/mol. The maximum atomic E-state index is 15.0. The maximum Gasteiger partial charge on any atom is 0.255 e. The largest absolute Gasteiger partial charge is 0.354 e. The molecular formula is C31H36FN5O2. The van der Waals surface area contributed by atoms with Gasteiger partial charge in [-0.05, 0) is 69.1 Å². The van der Waals surface area contributed by atoms with Crippen LogP contribution in [0.5, 0.6) is 0 Å². The fourth-order valence-electron chi connectivity index (χ4n) is 5.68. The number of hydrogen-bond acceptors (Lipinski definition) is 5. The third-order valence-electron chi connectivity index (χ3n) is 7.84. The maximum absolute atomic E-state index is 15.0. The first-order valence-electron chi connectivity index (χ1n) is 13.8. The number of aromatic nitrogens is 2. The smallest absolute Gasteiger partial charge is 0.255 e. The number of para-hydroxylation sites is 1. The first-order valence-corrected chi connectivity index (χ1v) is 13.8. The molecule has 8 heteroatoms. The third-order valence-corrected chi connectivity index (χ3v) is 7.84. The van der Waals surface area contributed by atoms with E-state index in [-0.39, 0.29) is 16.4 Å². The monoisotopic (exact) mass is 529 g/mol. The number of anilines is 1. The molecule has 39 heavy (non-hydrogen) atoms. The van der Waals surface area contributed by atoms with Crippen LogP contribution in [0.2, 0.25) is 0 Å². The van der Waals surface area contributed by atoms with Gasteiger partial charge in [-0.25, -0.2) is 9.37 Å². The zero-order chi connectivity index (χ0) is 27.7. The third kappa shape index (κ3) is 5.13. The summed E-state index contributed by atoms with van der Waals surface area (Å²) in [6.45, 7) is 11.9. The predicted octanol–water partition coefficient (Wildman–Crippen LogP) is 5.19. The molecule has 0 spiro atoms. The Hall–Kier alpha value is -3.78. The Labute approximate surface area is 228 Å². The van der Waals surface area contributed by atoms with E-state index in [0.717, 1.165) is 37.1 Å². The molecule has 4 heterocycles. The lowest BCUT2D eigenvalue weighted by molar-refractivity contribution is 0.0908. The van der Waals surface area contributed by atoms with Gasteiger partial charge in [0, 0.05) is 48.2 Å². The fourth-order valence-corrected chi connectivity index (χ4v) is 5.68. The Balaban J connectivity index is 0.00000151. The van der Waals surface area contributed by atoms with Crippen LogP contribution in [-0.4, -0.2) is 53.0 Å². The Morgan fingerprint density at radius 2 is 1.85 bits per heavy atom. The molecule has 1 amide bonds. The van der Waals surface area contributed by atoms with E-state index in [9.17, 15) is 9.59 Å². The predicted molar refractivity (Wildman–Crippen MR) is 155 cm³/mol. The van der Waals surface area contributed by atoms with Crippen molar-refractivity contribution >= 4 is 33.5 Å². The molecule has 4 aromatic rings. The van der Waals surface area contributed by atoms with Crippen molar-refractivity contribution in [3.05, 3.63) is 81.9 Å². The topological polar surface area (TPSA) is 81.3 Å². The Morgan fingerprint density at radius 3 is 2.62 bits per heavy atom. The lowest BCUT2D eigenvalue weighted by atomic mass is 9.95. The minimum Gasteiger partial charge on any atom is -0.354 e. The average Bonchev–Trinajstić information content (AvgIpc) is 3.42. The van der Waals surface area contributed by atoms with E-state index in [1.165, 1.54) is 25.5 Å². The highest BCUT2D eigenvalue weighted by molar-refractivity contribution is 6.00. The number of fused-ring (bicyclic) bond motifs is 3.